The Hall–Kier alpha value is -0.550. The molecule has 1 fully saturated rings. The lowest BCUT2D eigenvalue weighted by molar-refractivity contribution is 0.290. The summed E-state index contributed by atoms with van der Waals surface area (Å²) >= 11 is 1.72. The van der Waals surface area contributed by atoms with Crippen LogP contribution >= 0.6 is 11.8 Å². The molecule has 17 heavy (non-hydrogen) atoms. The summed E-state index contributed by atoms with van der Waals surface area (Å²) in [7, 11) is 0. The molecule has 0 aliphatic heterocycles. The van der Waals surface area contributed by atoms with Crippen LogP contribution in [0.3, 0.4) is 0 Å². The number of thioether (sulfide) groups is 1. The van der Waals surface area contributed by atoms with Gasteiger partial charge in [0.25, 0.3) is 5.22 Å². The first-order valence-corrected chi connectivity index (χ1v) is 7.11. The maximum absolute atomic E-state index is 5.45. The van der Waals surface area contributed by atoms with Crippen molar-refractivity contribution in [1.29, 1.82) is 0 Å². The first-order valence-electron chi connectivity index (χ1n) is 6.23. The SMILES string of the molecule is CCNC1C(Sc2nnc(C)o2)CCC1(C)C. The molecule has 2 rings (SSSR count). The number of aryl methyl sites for hydroxylation is 1. The molecule has 0 saturated heterocycles. The van der Waals surface area contributed by atoms with E-state index in [2.05, 4.69) is 36.3 Å². The molecule has 0 radical (unpaired) electrons. The molecule has 4 nitrogen and oxygen atoms in total. The van der Waals surface area contributed by atoms with E-state index in [1.54, 1.807) is 11.8 Å². The van der Waals surface area contributed by atoms with Gasteiger partial charge in [0.05, 0.1) is 0 Å². The van der Waals surface area contributed by atoms with Crippen LogP contribution in [0.25, 0.3) is 0 Å². The Bertz CT molecular complexity index is 378. The summed E-state index contributed by atoms with van der Waals surface area (Å²) in [6, 6.07) is 0.518. The molecule has 0 spiro atoms. The Morgan fingerprint density at radius 2 is 2.24 bits per heavy atom. The summed E-state index contributed by atoms with van der Waals surface area (Å²) in [4.78, 5) is 0. The molecule has 2 unspecified atom stereocenters. The summed E-state index contributed by atoms with van der Waals surface area (Å²) in [5.74, 6) is 0.643. The molecule has 1 aromatic heterocycles. The fourth-order valence-corrected chi connectivity index (χ4v) is 3.90. The Balaban J connectivity index is 2.05. The third-order valence-corrected chi connectivity index (χ3v) is 4.65. The van der Waals surface area contributed by atoms with Gasteiger partial charge in [0, 0.05) is 18.2 Å². The first kappa shape index (κ1) is 12.9. The van der Waals surface area contributed by atoms with E-state index in [1.807, 2.05) is 6.92 Å². The molecule has 1 heterocycles. The average Bonchev–Trinajstić information content (AvgIpc) is 2.77. The number of rotatable bonds is 4. The van der Waals surface area contributed by atoms with E-state index < -0.39 is 0 Å². The number of hydrogen-bond acceptors (Lipinski definition) is 5. The van der Waals surface area contributed by atoms with Gasteiger partial charge in [-0.25, -0.2) is 0 Å². The second-order valence-corrected chi connectivity index (χ2v) is 6.50. The summed E-state index contributed by atoms with van der Waals surface area (Å²) in [6.07, 6.45) is 2.45. The highest BCUT2D eigenvalue weighted by molar-refractivity contribution is 7.99. The Kier molecular flexibility index (Phi) is 3.78. The third-order valence-electron chi connectivity index (χ3n) is 3.47. The summed E-state index contributed by atoms with van der Waals surface area (Å²) < 4.78 is 5.45. The lowest BCUT2D eigenvalue weighted by atomic mass is 9.87. The maximum Gasteiger partial charge on any atom is 0.276 e. The Labute approximate surface area is 107 Å². The van der Waals surface area contributed by atoms with Gasteiger partial charge < -0.3 is 9.73 Å². The monoisotopic (exact) mass is 255 g/mol. The van der Waals surface area contributed by atoms with Crippen molar-refractivity contribution in [2.75, 3.05) is 6.54 Å². The molecule has 1 N–H and O–H groups in total. The van der Waals surface area contributed by atoms with Crippen molar-refractivity contribution in [2.24, 2.45) is 5.41 Å². The average molecular weight is 255 g/mol. The molecule has 1 saturated carbocycles. The van der Waals surface area contributed by atoms with Gasteiger partial charge in [-0.05, 0) is 24.8 Å². The standard InChI is InChI=1S/C12H21N3OS/c1-5-13-10-9(6-7-12(10,3)4)17-11-15-14-8(2)16-11/h9-10,13H,5-7H2,1-4H3. The van der Waals surface area contributed by atoms with Crippen molar-refractivity contribution in [3.05, 3.63) is 5.89 Å². The van der Waals surface area contributed by atoms with Crippen molar-refractivity contribution in [1.82, 2.24) is 15.5 Å². The molecule has 2 atom stereocenters. The highest BCUT2D eigenvalue weighted by Gasteiger charge is 2.42. The van der Waals surface area contributed by atoms with E-state index >= 15 is 0 Å². The minimum Gasteiger partial charge on any atom is -0.416 e. The predicted molar refractivity (Wildman–Crippen MR) is 69.2 cm³/mol. The van der Waals surface area contributed by atoms with Crippen LogP contribution in [0.1, 0.15) is 39.5 Å². The molecule has 1 aliphatic carbocycles. The van der Waals surface area contributed by atoms with Gasteiger partial charge in [0.1, 0.15) is 0 Å². The van der Waals surface area contributed by atoms with Gasteiger partial charge in [-0.3, -0.25) is 0 Å². The van der Waals surface area contributed by atoms with Crippen LogP contribution in [0.4, 0.5) is 0 Å². The van der Waals surface area contributed by atoms with E-state index in [0.717, 1.165) is 6.54 Å². The topological polar surface area (TPSA) is 51.0 Å². The summed E-state index contributed by atoms with van der Waals surface area (Å²) in [5, 5.41) is 12.8. The zero-order chi connectivity index (χ0) is 12.5. The lowest BCUT2D eigenvalue weighted by Crippen LogP contribution is -2.43. The zero-order valence-electron chi connectivity index (χ0n) is 11.0. The minimum atomic E-state index is 0.350. The molecule has 1 aromatic rings. The van der Waals surface area contributed by atoms with Crippen LogP contribution < -0.4 is 5.32 Å². The fourth-order valence-electron chi connectivity index (χ4n) is 2.55. The van der Waals surface area contributed by atoms with Crippen LogP contribution in [0.15, 0.2) is 9.64 Å². The van der Waals surface area contributed by atoms with E-state index in [-0.39, 0.29) is 0 Å². The molecule has 0 aromatic carbocycles. The van der Waals surface area contributed by atoms with Gasteiger partial charge in [-0.2, -0.15) is 0 Å². The van der Waals surface area contributed by atoms with E-state index in [0.29, 0.717) is 27.8 Å². The fraction of sp³-hybridized carbons (Fsp3) is 0.833. The first-order chi connectivity index (χ1) is 8.03. The molecule has 5 heteroatoms. The zero-order valence-corrected chi connectivity index (χ0v) is 11.8. The molecule has 1 aliphatic rings. The molecule has 96 valence electrons. The highest BCUT2D eigenvalue weighted by atomic mass is 32.2. The number of aromatic nitrogens is 2. The van der Waals surface area contributed by atoms with E-state index in [9.17, 15) is 0 Å². The Morgan fingerprint density at radius 1 is 1.47 bits per heavy atom. The van der Waals surface area contributed by atoms with Gasteiger partial charge >= 0.3 is 0 Å². The van der Waals surface area contributed by atoms with E-state index in [1.165, 1.54) is 12.8 Å². The van der Waals surface area contributed by atoms with Gasteiger partial charge in [-0.1, -0.05) is 32.5 Å². The van der Waals surface area contributed by atoms with Crippen molar-refractivity contribution in [2.45, 2.75) is 57.1 Å². The highest BCUT2D eigenvalue weighted by Crippen LogP contribution is 2.44. The maximum atomic E-state index is 5.45. The quantitative estimate of drug-likeness (QED) is 0.896. The van der Waals surface area contributed by atoms with Gasteiger partial charge in [0.2, 0.25) is 5.89 Å². The van der Waals surface area contributed by atoms with Crippen LogP contribution in [0.5, 0.6) is 0 Å². The van der Waals surface area contributed by atoms with Gasteiger partial charge in [0.15, 0.2) is 0 Å². The van der Waals surface area contributed by atoms with Crippen LogP contribution in [-0.2, 0) is 0 Å². The smallest absolute Gasteiger partial charge is 0.276 e. The van der Waals surface area contributed by atoms with Crippen molar-refractivity contribution in [3.63, 3.8) is 0 Å². The molecule has 0 bridgehead atoms. The van der Waals surface area contributed by atoms with Crippen molar-refractivity contribution >= 4 is 11.8 Å². The summed E-state index contributed by atoms with van der Waals surface area (Å²) in [5.41, 5.74) is 0.350. The largest absolute Gasteiger partial charge is 0.416 e. The van der Waals surface area contributed by atoms with Gasteiger partial charge in [-0.15, -0.1) is 10.2 Å². The third kappa shape index (κ3) is 2.83. The van der Waals surface area contributed by atoms with Crippen LogP contribution in [0.2, 0.25) is 0 Å². The lowest BCUT2D eigenvalue weighted by Gasteiger charge is -2.30. The minimum absolute atomic E-state index is 0.350. The number of nitrogens with zero attached hydrogens (tertiary/aromatic N) is 2. The van der Waals surface area contributed by atoms with Crippen molar-refractivity contribution in [3.8, 4) is 0 Å². The molecular weight excluding hydrogens is 234 g/mol. The second kappa shape index (κ2) is 4.98. The van der Waals surface area contributed by atoms with Crippen molar-refractivity contribution < 1.29 is 4.42 Å². The number of nitrogens with one attached hydrogen (secondary N) is 1. The van der Waals surface area contributed by atoms with E-state index in [4.69, 9.17) is 4.42 Å². The number of hydrogen-bond donors (Lipinski definition) is 1. The van der Waals surface area contributed by atoms with Crippen LogP contribution in [0, 0.1) is 12.3 Å². The van der Waals surface area contributed by atoms with Crippen LogP contribution in [-0.4, -0.2) is 28.0 Å². The molecular formula is C12H21N3OS. The summed E-state index contributed by atoms with van der Waals surface area (Å²) in [6.45, 7) is 9.66. The second-order valence-electron chi connectivity index (χ2n) is 5.31. The predicted octanol–water partition coefficient (Wildman–Crippen LogP) is 2.64. The Morgan fingerprint density at radius 3 is 2.82 bits per heavy atom. The normalized spacial score (nSPS) is 27.5. The molecule has 0 amide bonds.